The Morgan fingerprint density at radius 3 is 3.06 bits per heavy atom. The number of carbonyl (C=O) groups excluding carboxylic acids is 1. The van der Waals surface area contributed by atoms with Crippen LogP contribution in [-0.2, 0) is 9.53 Å². The number of hydrogen-bond donors (Lipinski definition) is 1. The molecule has 5 heteroatoms. The van der Waals surface area contributed by atoms with Crippen molar-refractivity contribution in [3.05, 3.63) is 34.2 Å². The zero-order chi connectivity index (χ0) is 12.7. The molecule has 1 N–H and O–H groups in total. The zero-order valence-electron chi connectivity index (χ0n) is 10.3. The van der Waals surface area contributed by atoms with Gasteiger partial charge in [0, 0.05) is 36.7 Å². The van der Waals surface area contributed by atoms with Crippen molar-refractivity contribution < 1.29 is 9.53 Å². The van der Waals surface area contributed by atoms with E-state index in [4.69, 9.17) is 4.74 Å². The van der Waals surface area contributed by atoms with Gasteiger partial charge in [-0.2, -0.15) is 0 Å². The summed E-state index contributed by atoms with van der Waals surface area (Å²) < 4.78 is 6.50. The number of hydrogen-bond acceptors (Lipinski definition) is 4. The van der Waals surface area contributed by atoms with Gasteiger partial charge < -0.3 is 10.1 Å². The second-order valence-corrected chi connectivity index (χ2v) is 4.98. The molecule has 0 spiro atoms. The molecule has 3 atom stereocenters. The summed E-state index contributed by atoms with van der Waals surface area (Å²) in [5.41, 5.74) is 0.834. The van der Waals surface area contributed by atoms with Crippen LogP contribution in [-0.4, -0.2) is 30.7 Å². The Kier molecular flexibility index (Phi) is 2.70. The molecular formula is C13H16N2O3. The van der Waals surface area contributed by atoms with Gasteiger partial charge in [-0.15, -0.1) is 0 Å². The molecule has 0 saturated carbocycles. The summed E-state index contributed by atoms with van der Waals surface area (Å²) in [4.78, 5) is 24.0. The summed E-state index contributed by atoms with van der Waals surface area (Å²) in [6, 6.07) is 4.72. The fourth-order valence-corrected chi connectivity index (χ4v) is 3.22. The van der Waals surface area contributed by atoms with Crippen molar-refractivity contribution in [1.29, 1.82) is 0 Å². The molecule has 2 aliphatic rings. The number of esters is 1. The maximum absolute atomic E-state index is 12.1. The van der Waals surface area contributed by atoms with Crippen molar-refractivity contribution in [2.75, 3.05) is 20.2 Å². The van der Waals surface area contributed by atoms with Gasteiger partial charge in [0.05, 0.1) is 7.11 Å². The molecule has 3 heterocycles. The van der Waals surface area contributed by atoms with Crippen LogP contribution in [0, 0.1) is 5.92 Å². The Morgan fingerprint density at radius 1 is 1.44 bits per heavy atom. The first kappa shape index (κ1) is 11.5. The maximum atomic E-state index is 12.1. The minimum Gasteiger partial charge on any atom is -0.467 e. The topological polar surface area (TPSA) is 60.3 Å². The van der Waals surface area contributed by atoms with Gasteiger partial charge in [-0.3, -0.25) is 9.36 Å². The van der Waals surface area contributed by atoms with Gasteiger partial charge in [-0.25, -0.2) is 4.79 Å². The third kappa shape index (κ3) is 1.58. The van der Waals surface area contributed by atoms with E-state index in [1.165, 1.54) is 13.2 Å². The molecular weight excluding hydrogens is 232 g/mol. The molecule has 1 aromatic heterocycles. The van der Waals surface area contributed by atoms with Gasteiger partial charge in [-0.05, 0) is 12.5 Å². The van der Waals surface area contributed by atoms with Crippen molar-refractivity contribution in [3.8, 4) is 0 Å². The highest BCUT2D eigenvalue weighted by molar-refractivity contribution is 5.75. The molecule has 96 valence electrons. The Labute approximate surface area is 105 Å². The van der Waals surface area contributed by atoms with E-state index in [0.717, 1.165) is 25.2 Å². The number of nitrogens with zero attached hydrogens (tertiary/aromatic N) is 1. The first-order valence-electron chi connectivity index (χ1n) is 6.22. The first-order valence-corrected chi connectivity index (χ1v) is 6.22. The van der Waals surface area contributed by atoms with E-state index < -0.39 is 6.04 Å². The molecule has 3 rings (SSSR count). The fraction of sp³-hybridized carbons (Fsp3) is 0.538. The van der Waals surface area contributed by atoms with Crippen molar-refractivity contribution in [3.63, 3.8) is 0 Å². The Bertz CT molecular complexity index is 537. The normalized spacial score (nSPS) is 29.5. The van der Waals surface area contributed by atoms with Gasteiger partial charge in [0.2, 0.25) is 0 Å². The largest absolute Gasteiger partial charge is 0.467 e. The number of fused-ring (bicyclic) bond motifs is 4. The molecule has 1 saturated heterocycles. The van der Waals surface area contributed by atoms with E-state index in [1.807, 2.05) is 6.07 Å². The Morgan fingerprint density at radius 2 is 2.28 bits per heavy atom. The van der Waals surface area contributed by atoms with Crippen molar-refractivity contribution in [2.45, 2.75) is 18.4 Å². The van der Waals surface area contributed by atoms with E-state index in [1.54, 1.807) is 10.6 Å². The average Bonchev–Trinajstić information content (AvgIpc) is 2.40. The van der Waals surface area contributed by atoms with E-state index in [9.17, 15) is 9.59 Å². The monoisotopic (exact) mass is 248 g/mol. The highest BCUT2D eigenvalue weighted by Gasteiger charge is 2.41. The number of methoxy groups -OCH3 is 1. The van der Waals surface area contributed by atoms with Crippen LogP contribution < -0.4 is 10.9 Å². The lowest BCUT2D eigenvalue weighted by Gasteiger charge is -2.41. The lowest BCUT2D eigenvalue weighted by atomic mass is 9.79. The minimum absolute atomic E-state index is 0.112. The lowest BCUT2D eigenvalue weighted by Crippen LogP contribution is -2.50. The number of aromatic nitrogens is 1. The lowest BCUT2D eigenvalue weighted by molar-refractivity contribution is -0.147. The summed E-state index contributed by atoms with van der Waals surface area (Å²) >= 11 is 0. The molecule has 0 radical (unpaired) electrons. The standard InChI is InChI=1S/C13H16N2O3/c1-18-13(17)12-9-5-8(6-14-7-9)10-3-2-4-11(16)15(10)12/h2-4,8-9,12,14H,5-7H2,1H3/t8?,9?,12-/m1/s1. The smallest absolute Gasteiger partial charge is 0.329 e. The number of carbonyl (C=O) groups is 1. The van der Waals surface area contributed by atoms with Crippen LogP contribution in [0.5, 0.6) is 0 Å². The zero-order valence-corrected chi connectivity index (χ0v) is 10.3. The summed E-state index contributed by atoms with van der Waals surface area (Å²) in [5.74, 6) is 0.138. The minimum atomic E-state index is -0.484. The van der Waals surface area contributed by atoms with Crippen LogP contribution in [0.25, 0.3) is 0 Å². The second kappa shape index (κ2) is 4.24. The Balaban J connectivity index is 2.18. The predicted octanol–water partition coefficient (Wildman–Crippen LogP) is 0.269. The van der Waals surface area contributed by atoms with Crippen molar-refractivity contribution in [1.82, 2.24) is 9.88 Å². The number of pyridine rings is 1. The molecule has 1 fully saturated rings. The molecule has 2 unspecified atom stereocenters. The fourth-order valence-electron chi connectivity index (χ4n) is 3.22. The van der Waals surface area contributed by atoms with E-state index in [0.29, 0.717) is 5.92 Å². The highest BCUT2D eigenvalue weighted by atomic mass is 16.5. The summed E-state index contributed by atoms with van der Waals surface area (Å²) in [6.07, 6.45) is 0.941. The van der Waals surface area contributed by atoms with E-state index in [2.05, 4.69) is 5.32 Å². The second-order valence-electron chi connectivity index (χ2n) is 4.98. The molecule has 0 aliphatic carbocycles. The van der Waals surface area contributed by atoms with Gasteiger partial charge in [0.1, 0.15) is 6.04 Å². The molecule has 2 bridgehead atoms. The number of piperidine rings is 1. The third-order valence-electron chi connectivity index (χ3n) is 3.99. The van der Waals surface area contributed by atoms with Gasteiger partial charge in [0.25, 0.3) is 5.56 Å². The van der Waals surface area contributed by atoms with Crippen LogP contribution in [0.2, 0.25) is 0 Å². The summed E-state index contributed by atoms with van der Waals surface area (Å²) in [7, 11) is 1.37. The highest BCUT2D eigenvalue weighted by Crippen LogP contribution is 2.38. The van der Waals surface area contributed by atoms with Crippen molar-refractivity contribution >= 4 is 5.97 Å². The number of rotatable bonds is 1. The number of nitrogens with one attached hydrogen (secondary N) is 1. The predicted molar refractivity (Wildman–Crippen MR) is 65.5 cm³/mol. The van der Waals surface area contributed by atoms with E-state index in [-0.39, 0.29) is 17.4 Å². The Hall–Kier alpha value is -1.62. The van der Waals surface area contributed by atoms with Crippen molar-refractivity contribution in [2.24, 2.45) is 5.92 Å². The van der Waals surface area contributed by atoms with Gasteiger partial charge in [0.15, 0.2) is 0 Å². The number of ether oxygens (including phenoxy) is 1. The van der Waals surface area contributed by atoms with Gasteiger partial charge in [-0.1, -0.05) is 6.07 Å². The molecule has 18 heavy (non-hydrogen) atoms. The van der Waals surface area contributed by atoms with Crippen LogP contribution in [0.15, 0.2) is 23.0 Å². The van der Waals surface area contributed by atoms with E-state index >= 15 is 0 Å². The van der Waals surface area contributed by atoms with Crippen LogP contribution in [0.4, 0.5) is 0 Å². The van der Waals surface area contributed by atoms with Crippen LogP contribution in [0.1, 0.15) is 24.1 Å². The molecule has 5 nitrogen and oxygen atoms in total. The molecule has 0 amide bonds. The first-order chi connectivity index (χ1) is 8.72. The quantitative estimate of drug-likeness (QED) is 0.725. The SMILES string of the molecule is COC(=O)[C@H]1C2CNCC(C2)c2cccc(=O)n21. The molecule has 2 aliphatic heterocycles. The molecule has 0 aromatic carbocycles. The summed E-state index contributed by atoms with van der Waals surface area (Å²) in [6.45, 7) is 1.63. The maximum Gasteiger partial charge on any atom is 0.329 e. The third-order valence-corrected chi connectivity index (χ3v) is 3.99. The summed E-state index contributed by atoms with van der Waals surface area (Å²) in [5, 5.41) is 3.33. The van der Waals surface area contributed by atoms with Gasteiger partial charge >= 0.3 is 5.97 Å². The van der Waals surface area contributed by atoms with Crippen LogP contribution in [0.3, 0.4) is 0 Å². The van der Waals surface area contributed by atoms with Crippen LogP contribution >= 0.6 is 0 Å². The molecule has 1 aromatic rings. The average molecular weight is 248 g/mol.